The number of aromatic nitrogens is 2. The predicted octanol–water partition coefficient (Wildman–Crippen LogP) is 4.89. The second-order valence-corrected chi connectivity index (χ2v) is 8.71. The van der Waals surface area contributed by atoms with Gasteiger partial charge in [-0.3, -0.25) is 4.79 Å². The van der Waals surface area contributed by atoms with Gasteiger partial charge in [-0.15, -0.1) is 10.2 Å². The number of carbonyl (C=O) groups is 1. The van der Waals surface area contributed by atoms with Gasteiger partial charge in [-0.25, -0.2) is 0 Å². The number of anilines is 1. The van der Waals surface area contributed by atoms with E-state index in [1.54, 1.807) is 23.1 Å². The summed E-state index contributed by atoms with van der Waals surface area (Å²) in [4.78, 5) is 12.2. The van der Waals surface area contributed by atoms with Gasteiger partial charge in [-0.2, -0.15) is 0 Å². The van der Waals surface area contributed by atoms with Gasteiger partial charge in [0, 0.05) is 5.69 Å². The lowest BCUT2D eigenvalue weighted by atomic mass is 9.97. The molecule has 0 aliphatic carbocycles. The molecule has 0 unspecified atom stereocenters. The van der Waals surface area contributed by atoms with Gasteiger partial charge in [-0.1, -0.05) is 73.8 Å². The summed E-state index contributed by atoms with van der Waals surface area (Å²) >= 11 is 4.65. The Morgan fingerprint density at radius 3 is 2.61 bits per heavy atom. The summed E-state index contributed by atoms with van der Waals surface area (Å²) in [6.07, 6.45) is 1.05. The minimum Gasteiger partial charge on any atom is -0.325 e. The molecular formula is C16H21N3OS3. The second kappa shape index (κ2) is 9.30. The van der Waals surface area contributed by atoms with Crippen LogP contribution in [0.15, 0.2) is 32.9 Å². The Bertz CT molecular complexity index is 645. The SMILES string of the molecule is CCSc1nnc(SCC(=O)Nc2ccccc2[C@@H](C)CC)s1. The topological polar surface area (TPSA) is 54.9 Å². The molecule has 2 aromatic rings. The minimum absolute atomic E-state index is 0.00866. The van der Waals surface area contributed by atoms with Gasteiger partial charge in [-0.05, 0) is 29.7 Å². The molecule has 1 aromatic carbocycles. The Kier molecular flexibility index (Phi) is 7.39. The summed E-state index contributed by atoms with van der Waals surface area (Å²) in [5.74, 6) is 1.74. The Balaban J connectivity index is 1.92. The van der Waals surface area contributed by atoms with Crippen LogP contribution in [0.2, 0.25) is 0 Å². The third kappa shape index (κ3) is 5.51. The summed E-state index contributed by atoms with van der Waals surface area (Å²) < 4.78 is 1.80. The van der Waals surface area contributed by atoms with Crippen LogP contribution < -0.4 is 5.32 Å². The zero-order chi connectivity index (χ0) is 16.7. The number of para-hydroxylation sites is 1. The van der Waals surface area contributed by atoms with E-state index in [1.165, 1.54) is 17.3 Å². The first kappa shape index (κ1) is 18.3. The summed E-state index contributed by atoms with van der Waals surface area (Å²) in [5.41, 5.74) is 2.10. The van der Waals surface area contributed by atoms with Crippen LogP contribution in [0.3, 0.4) is 0 Å². The maximum Gasteiger partial charge on any atom is 0.234 e. The quantitative estimate of drug-likeness (QED) is 0.673. The van der Waals surface area contributed by atoms with Crippen molar-refractivity contribution in [1.29, 1.82) is 0 Å². The number of rotatable bonds is 8. The number of thioether (sulfide) groups is 2. The van der Waals surface area contributed by atoms with E-state index in [-0.39, 0.29) is 5.91 Å². The van der Waals surface area contributed by atoms with Crippen LogP contribution in [-0.4, -0.2) is 27.6 Å². The van der Waals surface area contributed by atoms with Gasteiger partial charge in [0.25, 0.3) is 0 Å². The Hall–Kier alpha value is -1.05. The molecule has 0 saturated carbocycles. The highest BCUT2D eigenvalue weighted by Crippen LogP contribution is 2.29. The number of hydrogen-bond acceptors (Lipinski definition) is 6. The van der Waals surface area contributed by atoms with Crippen molar-refractivity contribution < 1.29 is 4.79 Å². The molecule has 0 aliphatic heterocycles. The van der Waals surface area contributed by atoms with E-state index in [2.05, 4.69) is 42.4 Å². The van der Waals surface area contributed by atoms with Crippen molar-refractivity contribution in [2.45, 2.75) is 41.8 Å². The van der Waals surface area contributed by atoms with Gasteiger partial charge in [0.05, 0.1) is 5.75 Å². The molecule has 0 saturated heterocycles. The van der Waals surface area contributed by atoms with Gasteiger partial charge >= 0.3 is 0 Å². The van der Waals surface area contributed by atoms with E-state index in [4.69, 9.17) is 0 Å². The summed E-state index contributed by atoms with van der Waals surface area (Å²) in [6.45, 7) is 6.41. The standard InChI is InChI=1S/C16H21N3OS3/c1-4-11(3)12-8-6-7-9-13(12)17-14(20)10-22-16-19-18-15(23-16)21-5-2/h6-9,11H,4-5,10H2,1-3H3,(H,17,20)/t11-/m0/s1. The van der Waals surface area contributed by atoms with Crippen molar-refractivity contribution in [2.75, 3.05) is 16.8 Å². The maximum atomic E-state index is 12.2. The van der Waals surface area contributed by atoms with Crippen LogP contribution in [0, 0.1) is 0 Å². The van der Waals surface area contributed by atoms with Crippen molar-refractivity contribution in [2.24, 2.45) is 0 Å². The van der Waals surface area contributed by atoms with E-state index in [0.717, 1.165) is 26.5 Å². The van der Waals surface area contributed by atoms with Crippen LogP contribution >= 0.6 is 34.9 Å². The van der Waals surface area contributed by atoms with Crippen LogP contribution in [0.5, 0.6) is 0 Å². The molecule has 1 N–H and O–H groups in total. The first-order valence-electron chi connectivity index (χ1n) is 7.61. The molecule has 0 bridgehead atoms. The van der Waals surface area contributed by atoms with Crippen LogP contribution in [0.4, 0.5) is 5.69 Å². The summed E-state index contributed by atoms with van der Waals surface area (Å²) in [7, 11) is 0. The van der Waals surface area contributed by atoms with Crippen molar-refractivity contribution in [3.05, 3.63) is 29.8 Å². The van der Waals surface area contributed by atoms with E-state index in [9.17, 15) is 4.79 Å². The molecule has 0 spiro atoms. The molecule has 2 rings (SSSR count). The van der Waals surface area contributed by atoms with Crippen LogP contribution in [0.1, 0.15) is 38.7 Å². The Morgan fingerprint density at radius 1 is 1.22 bits per heavy atom. The van der Waals surface area contributed by atoms with Crippen molar-refractivity contribution in [1.82, 2.24) is 10.2 Å². The molecule has 0 fully saturated rings. The number of benzene rings is 1. The third-order valence-electron chi connectivity index (χ3n) is 3.36. The average molecular weight is 368 g/mol. The smallest absolute Gasteiger partial charge is 0.234 e. The molecule has 23 heavy (non-hydrogen) atoms. The van der Waals surface area contributed by atoms with Crippen LogP contribution in [0.25, 0.3) is 0 Å². The molecule has 1 heterocycles. The number of nitrogens with one attached hydrogen (secondary N) is 1. The van der Waals surface area contributed by atoms with E-state index >= 15 is 0 Å². The molecule has 1 amide bonds. The monoisotopic (exact) mass is 367 g/mol. The number of hydrogen-bond donors (Lipinski definition) is 1. The lowest BCUT2D eigenvalue weighted by Crippen LogP contribution is -2.15. The van der Waals surface area contributed by atoms with E-state index < -0.39 is 0 Å². The molecule has 0 aliphatic rings. The van der Waals surface area contributed by atoms with E-state index in [0.29, 0.717) is 11.7 Å². The molecule has 124 valence electrons. The van der Waals surface area contributed by atoms with Crippen molar-refractivity contribution in [3.8, 4) is 0 Å². The lowest BCUT2D eigenvalue weighted by Gasteiger charge is -2.15. The number of carbonyl (C=O) groups excluding carboxylic acids is 1. The summed E-state index contributed by atoms with van der Waals surface area (Å²) in [5, 5.41) is 11.2. The first-order valence-corrected chi connectivity index (χ1v) is 10.4. The molecule has 1 aromatic heterocycles. The predicted molar refractivity (Wildman–Crippen MR) is 101 cm³/mol. The van der Waals surface area contributed by atoms with Crippen LogP contribution in [-0.2, 0) is 4.79 Å². The van der Waals surface area contributed by atoms with E-state index in [1.807, 2.05) is 18.2 Å². The summed E-state index contributed by atoms with van der Waals surface area (Å²) in [6, 6.07) is 8.01. The molecular weight excluding hydrogens is 346 g/mol. The molecule has 4 nitrogen and oxygen atoms in total. The second-order valence-electron chi connectivity index (χ2n) is 5.00. The third-order valence-corrected chi connectivity index (χ3v) is 6.43. The molecule has 1 atom stereocenters. The van der Waals surface area contributed by atoms with Crippen molar-refractivity contribution in [3.63, 3.8) is 0 Å². The average Bonchev–Trinajstić information content (AvgIpc) is 3.01. The van der Waals surface area contributed by atoms with Gasteiger partial charge < -0.3 is 5.32 Å². The molecule has 0 radical (unpaired) electrons. The van der Waals surface area contributed by atoms with Crippen molar-refractivity contribution >= 4 is 46.5 Å². The number of nitrogens with zero attached hydrogens (tertiary/aromatic N) is 2. The highest BCUT2D eigenvalue weighted by Gasteiger charge is 2.12. The zero-order valence-electron chi connectivity index (χ0n) is 13.5. The Labute approximate surface area is 149 Å². The lowest BCUT2D eigenvalue weighted by molar-refractivity contribution is -0.113. The highest BCUT2D eigenvalue weighted by atomic mass is 32.2. The Morgan fingerprint density at radius 2 is 1.91 bits per heavy atom. The minimum atomic E-state index is -0.00866. The first-order chi connectivity index (χ1) is 11.1. The molecule has 7 heteroatoms. The largest absolute Gasteiger partial charge is 0.325 e. The van der Waals surface area contributed by atoms with Gasteiger partial charge in [0.15, 0.2) is 8.68 Å². The fraction of sp³-hybridized carbons (Fsp3) is 0.438. The highest BCUT2D eigenvalue weighted by molar-refractivity contribution is 8.03. The van der Waals surface area contributed by atoms with Gasteiger partial charge in [0.2, 0.25) is 5.91 Å². The maximum absolute atomic E-state index is 12.2. The number of amides is 1. The fourth-order valence-electron chi connectivity index (χ4n) is 2.01. The normalized spacial score (nSPS) is 12.1. The van der Waals surface area contributed by atoms with Gasteiger partial charge in [0.1, 0.15) is 0 Å². The zero-order valence-corrected chi connectivity index (χ0v) is 16.0. The fourth-order valence-corrected chi connectivity index (χ4v) is 4.73.